The fraction of sp³-hybridized carbons (Fsp3) is 0.619. The normalized spacial score (nSPS) is 32.6. The molecule has 84 heavy (non-hydrogen) atoms. The summed E-state index contributed by atoms with van der Waals surface area (Å²) in [5.41, 5.74) is 0.0799. The number of nitriles is 1. The Labute approximate surface area is 500 Å². The van der Waals surface area contributed by atoms with Crippen LogP contribution in [0.5, 0.6) is 0 Å². The monoisotopic (exact) mass is 1190 g/mol. The van der Waals surface area contributed by atoms with E-state index in [9.17, 15) is 44.6 Å². The van der Waals surface area contributed by atoms with Crippen molar-refractivity contribution >= 4 is 46.8 Å². The third kappa shape index (κ3) is 17.8. The van der Waals surface area contributed by atoms with Gasteiger partial charge in [0.2, 0.25) is 29.5 Å². The van der Waals surface area contributed by atoms with Crippen molar-refractivity contribution in [3.8, 4) is 6.07 Å². The molecule has 0 bridgehead atoms. The number of hydrogen-bond acceptors (Lipinski definition) is 15. The van der Waals surface area contributed by atoms with Gasteiger partial charge in [-0.3, -0.25) is 24.0 Å². The molecule has 0 unspecified atom stereocenters. The Bertz CT molecular complexity index is 2750. The van der Waals surface area contributed by atoms with Gasteiger partial charge in [0.25, 0.3) is 0 Å². The smallest absolute Gasteiger partial charge is 0.247 e. The fourth-order valence-corrected chi connectivity index (χ4v) is 12.2. The molecule has 6 rings (SSSR count). The van der Waals surface area contributed by atoms with Crippen LogP contribution in [0.1, 0.15) is 110 Å². The van der Waals surface area contributed by atoms with Gasteiger partial charge in [0.15, 0.2) is 12.6 Å². The summed E-state index contributed by atoms with van der Waals surface area (Å²) in [6.45, 7) is 16.1. The van der Waals surface area contributed by atoms with Gasteiger partial charge >= 0.3 is 0 Å². The second kappa shape index (κ2) is 29.7. The molecule has 3 aliphatic heterocycles. The molecule has 0 saturated carbocycles. The fourth-order valence-electron chi connectivity index (χ4n) is 12.0. The number of hydrogen-bond donors (Lipinski definition) is 7. The van der Waals surface area contributed by atoms with Gasteiger partial charge in [-0.1, -0.05) is 88.7 Å². The highest BCUT2D eigenvalue weighted by molar-refractivity contribution is 6.31. The van der Waals surface area contributed by atoms with Gasteiger partial charge in [0.1, 0.15) is 24.3 Å². The SMILES string of the molecule is CO[C@]1(C)C[C@H](O[C@H]2[C@H](C)[C@@H](O[C@@H]3O[C@H](C)C[C@H](N(C)C)[C@H]3O)[C@](C)(O)C[C@@H](C)CN(C)C(=O)C[C@@H](Cc3ccc(NC(=O)[C@H](Cc4ccccc4Cl)NC(=O)Cc4ccc(C#N)cc4)cc3)NC(=O)[C@H](C(C)C)NC(=O)[C@@H]2C)O[C@@H](C)[C@@H]1O. The number of ether oxygens (including phenoxy) is 5. The second-order valence-corrected chi connectivity index (χ2v) is 25.1. The van der Waals surface area contributed by atoms with Crippen molar-refractivity contribution in [3.63, 3.8) is 0 Å². The molecule has 3 fully saturated rings. The molecule has 3 heterocycles. The predicted octanol–water partition coefficient (Wildman–Crippen LogP) is 5.30. The van der Waals surface area contributed by atoms with Crippen molar-refractivity contribution in [2.24, 2.45) is 23.7 Å². The molecular weight excluding hydrogens is 1100 g/mol. The van der Waals surface area contributed by atoms with E-state index in [0.29, 0.717) is 39.4 Å². The lowest BCUT2D eigenvalue weighted by molar-refractivity contribution is -0.317. The number of carbonyl (C=O) groups excluding carboxylic acids is 5. The molecular formula is C63H90ClN7O13. The first kappa shape index (κ1) is 67.6. The number of likely N-dealkylation sites (N-methyl/N-ethyl adjacent to an activating group) is 1. The minimum atomic E-state index is -1.71. The van der Waals surface area contributed by atoms with E-state index in [0.717, 1.165) is 0 Å². The lowest BCUT2D eigenvalue weighted by Gasteiger charge is -2.49. The van der Waals surface area contributed by atoms with E-state index in [1.165, 1.54) is 7.11 Å². The first-order chi connectivity index (χ1) is 39.5. The number of halogens is 1. The van der Waals surface area contributed by atoms with E-state index < -0.39 is 114 Å². The number of aliphatic hydroxyl groups is 3. The van der Waals surface area contributed by atoms with E-state index in [-0.39, 0.29) is 69.0 Å². The van der Waals surface area contributed by atoms with Crippen molar-refractivity contribution in [1.82, 2.24) is 25.8 Å². The summed E-state index contributed by atoms with van der Waals surface area (Å²) in [6.07, 6.45) is -6.96. The Morgan fingerprint density at radius 3 is 2.19 bits per heavy atom. The number of carbonyl (C=O) groups is 5. The van der Waals surface area contributed by atoms with E-state index in [4.69, 9.17) is 35.3 Å². The van der Waals surface area contributed by atoms with E-state index in [2.05, 4.69) is 27.3 Å². The van der Waals surface area contributed by atoms with Crippen LogP contribution in [0.15, 0.2) is 72.8 Å². The summed E-state index contributed by atoms with van der Waals surface area (Å²) < 4.78 is 32.1. The Morgan fingerprint density at radius 1 is 0.917 bits per heavy atom. The summed E-state index contributed by atoms with van der Waals surface area (Å²) in [5, 5.41) is 57.4. The lowest BCUT2D eigenvalue weighted by atomic mass is 9.77. The molecule has 0 aromatic heterocycles. The Hall–Kier alpha value is -5.57. The highest BCUT2D eigenvalue weighted by Crippen LogP contribution is 2.39. The van der Waals surface area contributed by atoms with Gasteiger partial charge in [-0.25, -0.2) is 0 Å². The Morgan fingerprint density at radius 2 is 1.57 bits per heavy atom. The molecule has 462 valence electrons. The quantitative estimate of drug-likeness (QED) is 0.0960. The molecule has 0 radical (unpaired) electrons. The topological polar surface area (TPSA) is 271 Å². The number of nitrogens with zero attached hydrogens (tertiary/aromatic N) is 3. The molecule has 17 atom stereocenters. The van der Waals surface area contributed by atoms with E-state index in [1.807, 2.05) is 32.8 Å². The zero-order valence-electron chi connectivity index (χ0n) is 51.0. The maximum absolute atomic E-state index is 14.9. The zero-order chi connectivity index (χ0) is 62.0. The average Bonchev–Trinajstić information content (AvgIpc) is 1.82. The molecule has 3 saturated heterocycles. The number of amides is 5. The number of rotatable bonds is 16. The van der Waals surface area contributed by atoms with Gasteiger partial charge in [-0.2, -0.15) is 5.26 Å². The van der Waals surface area contributed by atoms with Crippen LogP contribution in [0.4, 0.5) is 5.69 Å². The summed E-state index contributed by atoms with van der Waals surface area (Å²) in [4.78, 5) is 74.9. The third-order valence-electron chi connectivity index (χ3n) is 16.8. The highest BCUT2D eigenvalue weighted by atomic mass is 35.5. The number of aliphatic hydroxyl groups excluding tert-OH is 2. The molecule has 5 amide bonds. The lowest BCUT2D eigenvalue weighted by Crippen LogP contribution is -2.61. The van der Waals surface area contributed by atoms with E-state index in [1.54, 1.807) is 133 Å². The van der Waals surface area contributed by atoms with Crippen molar-refractivity contribution in [2.45, 2.75) is 192 Å². The molecule has 20 nitrogen and oxygen atoms in total. The van der Waals surface area contributed by atoms with Gasteiger partial charge in [-0.05, 0) is 120 Å². The second-order valence-electron chi connectivity index (χ2n) is 24.7. The van der Waals surface area contributed by atoms with Crippen LogP contribution >= 0.6 is 11.6 Å². The molecule has 21 heteroatoms. The van der Waals surface area contributed by atoms with Crippen LogP contribution < -0.4 is 21.3 Å². The van der Waals surface area contributed by atoms with Crippen molar-refractivity contribution in [1.29, 1.82) is 5.26 Å². The minimum absolute atomic E-state index is 0.0315. The van der Waals surface area contributed by atoms with E-state index >= 15 is 0 Å². The Kier molecular flexibility index (Phi) is 23.9. The molecule has 0 spiro atoms. The average molecular weight is 1190 g/mol. The highest BCUT2D eigenvalue weighted by Gasteiger charge is 2.51. The number of anilines is 1. The van der Waals surface area contributed by atoms with Gasteiger partial charge in [-0.15, -0.1) is 0 Å². The molecule has 3 aromatic carbocycles. The third-order valence-corrected chi connectivity index (χ3v) is 17.2. The summed E-state index contributed by atoms with van der Waals surface area (Å²) in [5.74, 6) is -5.01. The first-order valence-electron chi connectivity index (χ1n) is 29.2. The minimum Gasteiger partial charge on any atom is -0.387 e. The summed E-state index contributed by atoms with van der Waals surface area (Å²) in [7, 11) is 6.87. The first-order valence-corrected chi connectivity index (χ1v) is 29.6. The number of methoxy groups -OCH3 is 1. The number of benzene rings is 3. The maximum Gasteiger partial charge on any atom is 0.247 e. The van der Waals surface area contributed by atoms with Crippen LogP contribution in [0.2, 0.25) is 5.02 Å². The Balaban J connectivity index is 1.28. The summed E-state index contributed by atoms with van der Waals surface area (Å²) >= 11 is 6.51. The van der Waals surface area contributed by atoms with Gasteiger partial charge < -0.3 is 70.1 Å². The maximum atomic E-state index is 14.9. The van der Waals surface area contributed by atoms with Crippen LogP contribution in [-0.4, -0.2) is 174 Å². The standard InChI is InChI=1S/C63H90ClN7O13/c1-35(2)53-60(78)67-46(27-41-22-24-45(25-23-41)66-59(77)48(29-44-16-14-15-17-47(44)64)68-50(72)28-42-18-20-43(33-65)21-19-42)30-51(73)71(12)34-36(3)31-62(8,79)57(84-61-54(74)49(70(10)11)26-37(4)81-61)38(5)55(39(6)58(76)69-53)83-52-32-63(9,80-13)56(75)40(7)82-52/h14-25,35-40,46,48-49,52-57,61,74-75,79H,26-32,34H2,1-13H3,(H,66,77)(H,67,78)(H,68,72)(H,69,76)/t36-,37-,38+,39-,40+,46-,48+,49+,52+,53+,54-,55+,56+,57-,61+,62-,63-/m1/s1. The molecule has 7 N–H and O–H groups in total. The number of nitrogens with one attached hydrogen (secondary N) is 4. The van der Waals surface area contributed by atoms with Gasteiger partial charge in [0.05, 0.1) is 59.6 Å². The van der Waals surface area contributed by atoms with Gasteiger partial charge in [0, 0.05) is 68.7 Å². The van der Waals surface area contributed by atoms with Crippen molar-refractivity contribution in [3.05, 3.63) is 100 Å². The largest absolute Gasteiger partial charge is 0.387 e. The molecule has 0 aliphatic carbocycles. The predicted molar refractivity (Wildman–Crippen MR) is 317 cm³/mol. The van der Waals surface area contributed by atoms with Crippen LogP contribution in [0.3, 0.4) is 0 Å². The van der Waals surface area contributed by atoms with Crippen LogP contribution in [-0.2, 0) is 66.9 Å². The molecule has 3 aliphatic rings. The summed E-state index contributed by atoms with van der Waals surface area (Å²) in [6, 6.07) is 19.4. The molecule has 3 aromatic rings. The zero-order valence-corrected chi connectivity index (χ0v) is 51.7. The van der Waals surface area contributed by atoms with Crippen LogP contribution in [0.25, 0.3) is 0 Å². The van der Waals surface area contributed by atoms with Crippen LogP contribution in [0, 0.1) is 35.0 Å². The van der Waals surface area contributed by atoms with Crippen molar-refractivity contribution in [2.75, 3.05) is 40.1 Å². The van der Waals surface area contributed by atoms with Crippen molar-refractivity contribution < 1.29 is 63.0 Å².